The van der Waals surface area contributed by atoms with Gasteiger partial charge in [0.2, 0.25) is 0 Å². The zero-order chi connectivity index (χ0) is 31.6. The van der Waals surface area contributed by atoms with Crippen LogP contribution in [0.2, 0.25) is 20.1 Å². The van der Waals surface area contributed by atoms with Gasteiger partial charge in [0.25, 0.3) is 11.8 Å². The number of ether oxygens (including phenoxy) is 2. The summed E-state index contributed by atoms with van der Waals surface area (Å²) in [6.07, 6.45) is -1.71. The third-order valence-corrected chi connectivity index (χ3v) is 7.85. The Morgan fingerprint density at radius 3 is 1.30 bits per heavy atom. The molecule has 0 bridgehead atoms. The number of amides is 2. The Labute approximate surface area is 278 Å². The van der Waals surface area contributed by atoms with Crippen molar-refractivity contribution in [3.05, 3.63) is 128 Å². The Balaban J connectivity index is 1.54. The number of hydrogen-bond donors (Lipinski definition) is 0. The maximum absolute atomic E-state index is 13.8. The van der Waals surface area contributed by atoms with Crippen LogP contribution >= 0.6 is 46.4 Å². The highest BCUT2D eigenvalue weighted by Gasteiger charge is 2.27. The molecule has 230 valence electrons. The normalized spacial score (nSPS) is 12.2. The lowest BCUT2D eigenvalue weighted by Gasteiger charge is -2.31. The molecule has 0 aliphatic carbocycles. The molecule has 4 rings (SSSR count). The first-order valence-corrected chi connectivity index (χ1v) is 15.5. The van der Waals surface area contributed by atoms with Crippen molar-refractivity contribution in [1.29, 1.82) is 0 Å². The van der Waals surface area contributed by atoms with Crippen molar-refractivity contribution < 1.29 is 19.1 Å². The van der Waals surface area contributed by atoms with Crippen molar-refractivity contribution in [2.75, 3.05) is 13.1 Å². The van der Waals surface area contributed by atoms with Crippen LogP contribution in [0.5, 0.6) is 11.5 Å². The van der Waals surface area contributed by atoms with Gasteiger partial charge in [0.15, 0.2) is 12.2 Å². The van der Waals surface area contributed by atoms with E-state index in [1.807, 2.05) is 60.7 Å². The van der Waals surface area contributed by atoms with E-state index in [2.05, 4.69) is 0 Å². The summed E-state index contributed by atoms with van der Waals surface area (Å²) >= 11 is 24.7. The second kappa shape index (κ2) is 16.1. The van der Waals surface area contributed by atoms with Gasteiger partial charge in [-0.1, -0.05) is 107 Å². The van der Waals surface area contributed by atoms with E-state index in [4.69, 9.17) is 55.9 Å². The zero-order valence-electron chi connectivity index (χ0n) is 24.3. The van der Waals surface area contributed by atoms with Gasteiger partial charge in [0, 0.05) is 36.2 Å². The lowest BCUT2D eigenvalue weighted by atomic mass is 10.2. The van der Waals surface area contributed by atoms with Crippen LogP contribution in [0, 0.1) is 0 Å². The van der Waals surface area contributed by atoms with Gasteiger partial charge in [0.1, 0.15) is 11.5 Å². The lowest BCUT2D eigenvalue weighted by molar-refractivity contribution is -0.142. The molecule has 0 spiro atoms. The van der Waals surface area contributed by atoms with Crippen LogP contribution in [0.25, 0.3) is 0 Å². The number of rotatable bonds is 13. The summed E-state index contributed by atoms with van der Waals surface area (Å²) in [5.41, 5.74) is 1.88. The minimum Gasteiger partial charge on any atom is -0.479 e. The van der Waals surface area contributed by atoms with E-state index in [-0.39, 0.29) is 24.9 Å². The molecule has 4 aromatic rings. The molecule has 0 aromatic heterocycles. The molecule has 2 amide bonds. The third-order valence-electron chi connectivity index (χ3n) is 6.79. The van der Waals surface area contributed by atoms with Crippen molar-refractivity contribution in [2.24, 2.45) is 0 Å². The highest BCUT2D eigenvalue weighted by atomic mass is 35.5. The van der Waals surface area contributed by atoms with Gasteiger partial charge in [0.05, 0.1) is 10.0 Å². The molecule has 6 nitrogen and oxygen atoms in total. The molecule has 0 saturated heterocycles. The van der Waals surface area contributed by atoms with Gasteiger partial charge in [-0.05, 0) is 61.4 Å². The Hall–Kier alpha value is -3.42. The van der Waals surface area contributed by atoms with E-state index in [9.17, 15) is 9.59 Å². The van der Waals surface area contributed by atoms with Crippen molar-refractivity contribution in [3.8, 4) is 11.5 Å². The molecular formula is C34H32Cl4N2O4. The summed E-state index contributed by atoms with van der Waals surface area (Å²) < 4.78 is 11.9. The maximum Gasteiger partial charge on any atom is 0.263 e. The standard InChI is InChI=1S/C34H32Cl4N2O4/c1-23(43-31-15-13-27(35)19-29(31)37)33(41)39(21-25-9-5-3-6-10-25)17-18-40(22-26-11-7-4-8-12-26)34(42)24(2)44-32-16-14-28(36)20-30(32)38/h3-16,19-20,23-24H,17-18,21-22H2,1-2H3. The summed E-state index contributed by atoms with van der Waals surface area (Å²) in [5.74, 6) is 0.182. The molecule has 0 N–H and O–H groups in total. The number of nitrogens with zero attached hydrogens (tertiary/aromatic N) is 2. The monoisotopic (exact) mass is 672 g/mol. The summed E-state index contributed by atoms with van der Waals surface area (Å²) in [4.78, 5) is 30.9. The first-order valence-electron chi connectivity index (χ1n) is 14.0. The van der Waals surface area contributed by atoms with Gasteiger partial charge < -0.3 is 19.3 Å². The maximum atomic E-state index is 13.8. The summed E-state index contributed by atoms with van der Waals surface area (Å²) in [7, 11) is 0. The Morgan fingerprint density at radius 2 is 0.955 bits per heavy atom. The van der Waals surface area contributed by atoms with Crippen molar-refractivity contribution in [2.45, 2.75) is 39.1 Å². The number of hydrogen-bond acceptors (Lipinski definition) is 4. The molecule has 0 radical (unpaired) electrons. The lowest BCUT2D eigenvalue weighted by Crippen LogP contribution is -2.47. The highest BCUT2D eigenvalue weighted by Crippen LogP contribution is 2.30. The molecule has 0 aliphatic heterocycles. The summed E-state index contributed by atoms with van der Waals surface area (Å²) in [6, 6.07) is 28.9. The molecule has 44 heavy (non-hydrogen) atoms. The molecular weight excluding hydrogens is 642 g/mol. The first kappa shape index (κ1) is 33.5. The smallest absolute Gasteiger partial charge is 0.263 e. The predicted molar refractivity (Wildman–Crippen MR) is 177 cm³/mol. The summed E-state index contributed by atoms with van der Waals surface area (Å²) in [6.45, 7) is 4.46. The highest BCUT2D eigenvalue weighted by molar-refractivity contribution is 6.36. The second-order valence-electron chi connectivity index (χ2n) is 10.2. The van der Waals surface area contributed by atoms with Gasteiger partial charge in [-0.3, -0.25) is 9.59 Å². The van der Waals surface area contributed by atoms with E-state index in [0.717, 1.165) is 11.1 Å². The van der Waals surface area contributed by atoms with Crippen LogP contribution in [0.1, 0.15) is 25.0 Å². The zero-order valence-corrected chi connectivity index (χ0v) is 27.3. The van der Waals surface area contributed by atoms with Crippen LogP contribution in [-0.2, 0) is 22.7 Å². The van der Waals surface area contributed by atoms with Crippen LogP contribution in [-0.4, -0.2) is 46.9 Å². The fraction of sp³-hybridized carbons (Fsp3) is 0.235. The Kier molecular flexibility index (Phi) is 12.2. The van der Waals surface area contributed by atoms with E-state index in [0.29, 0.717) is 44.7 Å². The van der Waals surface area contributed by atoms with E-state index in [1.54, 1.807) is 60.0 Å². The molecule has 4 aromatic carbocycles. The predicted octanol–water partition coefficient (Wildman–Crippen LogP) is 8.59. The SMILES string of the molecule is CC(Oc1ccc(Cl)cc1Cl)C(=O)N(CCN(Cc1ccccc1)C(=O)C(C)Oc1ccc(Cl)cc1Cl)Cc1ccccc1. The molecule has 2 atom stereocenters. The molecule has 10 heteroatoms. The van der Waals surface area contributed by atoms with Crippen LogP contribution < -0.4 is 9.47 Å². The number of carbonyl (C=O) groups excluding carboxylic acids is 2. The van der Waals surface area contributed by atoms with Crippen LogP contribution in [0.4, 0.5) is 0 Å². The largest absolute Gasteiger partial charge is 0.479 e. The Morgan fingerprint density at radius 1 is 0.591 bits per heavy atom. The van der Waals surface area contributed by atoms with Crippen molar-refractivity contribution >= 4 is 58.2 Å². The van der Waals surface area contributed by atoms with E-state index >= 15 is 0 Å². The molecule has 0 saturated carbocycles. The van der Waals surface area contributed by atoms with Crippen molar-refractivity contribution in [1.82, 2.24) is 9.80 Å². The average molecular weight is 674 g/mol. The first-order chi connectivity index (χ1) is 21.1. The Bertz CT molecular complexity index is 1440. The average Bonchev–Trinajstić information content (AvgIpc) is 3.01. The van der Waals surface area contributed by atoms with Crippen LogP contribution in [0.3, 0.4) is 0 Å². The molecule has 0 aliphatic rings. The minimum atomic E-state index is -0.857. The van der Waals surface area contributed by atoms with Gasteiger partial charge in [-0.15, -0.1) is 0 Å². The minimum absolute atomic E-state index is 0.239. The number of halogens is 4. The topological polar surface area (TPSA) is 59.1 Å². The fourth-order valence-electron chi connectivity index (χ4n) is 4.52. The molecule has 2 unspecified atom stereocenters. The quantitative estimate of drug-likeness (QED) is 0.143. The van der Waals surface area contributed by atoms with Crippen molar-refractivity contribution in [3.63, 3.8) is 0 Å². The van der Waals surface area contributed by atoms with E-state index < -0.39 is 12.2 Å². The second-order valence-corrected chi connectivity index (χ2v) is 11.8. The van der Waals surface area contributed by atoms with Crippen LogP contribution in [0.15, 0.2) is 97.1 Å². The van der Waals surface area contributed by atoms with Gasteiger partial charge in [-0.25, -0.2) is 0 Å². The van der Waals surface area contributed by atoms with Gasteiger partial charge in [-0.2, -0.15) is 0 Å². The number of carbonyl (C=O) groups is 2. The molecule has 0 fully saturated rings. The molecule has 0 heterocycles. The fourth-order valence-corrected chi connectivity index (χ4v) is 5.43. The van der Waals surface area contributed by atoms with E-state index in [1.165, 1.54) is 0 Å². The third kappa shape index (κ3) is 9.54. The summed E-state index contributed by atoms with van der Waals surface area (Å²) in [5, 5.41) is 1.54. The van der Waals surface area contributed by atoms with Gasteiger partial charge >= 0.3 is 0 Å². The number of benzene rings is 4.